The highest BCUT2D eigenvalue weighted by molar-refractivity contribution is 9.10. The van der Waals surface area contributed by atoms with E-state index in [0.717, 1.165) is 6.07 Å². The average molecular weight is 456 g/mol. The quantitative estimate of drug-likeness (QED) is 0.368. The number of rotatable bonds is 5. The maximum Gasteiger partial charge on any atom is 0.363 e. The van der Waals surface area contributed by atoms with Crippen molar-refractivity contribution in [3.05, 3.63) is 82.3 Å². The predicted molar refractivity (Wildman–Crippen MR) is 108 cm³/mol. The van der Waals surface area contributed by atoms with Gasteiger partial charge in [0.1, 0.15) is 11.5 Å². The van der Waals surface area contributed by atoms with Crippen LogP contribution in [0.4, 0.5) is 11.4 Å². The van der Waals surface area contributed by atoms with Crippen LogP contribution in [0.2, 0.25) is 0 Å². The third-order valence-electron chi connectivity index (χ3n) is 3.69. The lowest BCUT2D eigenvalue weighted by molar-refractivity contribution is 0.0595. The van der Waals surface area contributed by atoms with Crippen molar-refractivity contribution in [2.75, 3.05) is 5.48 Å². The van der Waals surface area contributed by atoms with Crippen LogP contribution in [0.5, 0.6) is 11.5 Å². The summed E-state index contributed by atoms with van der Waals surface area (Å²) in [4.78, 5) is 29.1. The van der Waals surface area contributed by atoms with Crippen molar-refractivity contribution in [3.8, 4) is 11.5 Å². The lowest BCUT2D eigenvalue weighted by Crippen LogP contribution is -2.11. The Morgan fingerprint density at radius 3 is 2.34 bits per heavy atom. The fraction of sp³-hybridized carbons (Fsp3) is 0. The van der Waals surface area contributed by atoms with Gasteiger partial charge in [0.25, 0.3) is 5.91 Å². The zero-order chi connectivity index (χ0) is 20.8. The maximum atomic E-state index is 12.0. The summed E-state index contributed by atoms with van der Waals surface area (Å²) in [5, 5.41) is 26.3. The lowest BCUT2D eigenvalue weighted by Gasteiger charge is -2.07. The standard InChI is InChI=1S/C20H14BrN3O5/c21-17-4-2-1-3-15(17)20(28)29-24-13-7-5-12(6-8-13)22-23-19(27)16-10-9-14(25)11-18(16)26/h1-11,24-26H. The minimum atomic E-state index is -0.757. The third kappa shape index (κ3) is 5.17. The van der Waals surface area contributed by atoms with Gasteiger partial charge in [-0.3, -0.25) is 4.79 Å². The molecule has 0 fully saturated rings. The van der Waals surface area contributed by atoms with Crippen LogP contribution in [0.15, 0.2) is 81.4 Å². The Balaban J connectivity index is 1.60. The number of hydrogen-bond acceptors (Lipinski definition) is 7. The SMILES string of the molecule is O=C(N=Nc1ccc(NOC(=O)c2ccccc2Br)cc1)c1ccc(O)cc1O. The molecule has 0 saturated heterocycles. The molecule has 3 rings (SSSR count). The summed E-state index contributed by atoms with van der Waals surface area (Å²) in [6.07, 6.45) is 0. The Morgan fingerprint density at radius 1 is 0.931 bits per heavy atom. The first-order valence-electron chi connectivity index (χ1n) is 8.24. The highest BCUT2D eigenvalue weighted by Crippen LogP contribution is 2.24. The van der Waals surface area contributed by atoms with E-state index in [4.69, 9.17) is 4.84 Å². The second kappa shape index (κ2) is 8.98. The highest BCUT2D eigenvalue weighted by atomic mass is 79.9. The second-order valence-corrected chi connectivity index (χ2v) is 6.58. The van der Waals surface area contributed by atoms with Crippen LogP contribution in [0.1, 0.15) is 20.7 Å². The number of nitrogens with zero attached hydrogens (tertiary/aromatic N) is 2. The van der Waals surface area contributed by atoms with Crippen LogP contribution in [-0.2, 0) is 4.84 Å². The Labute approximate surface area is 173 Å². The van der Waals surface area contributed by atoms with Crippen LogP contribution in [0, 0.1) is 0 Å². The summed E-state index contributed by atoms with van der Waals surface area (Å²) in [6.45, 7) is 0. The molecule has 0 saturated carbocycles. The molecule has 0 heterocycles. The number of phenolic OH excluding ortho intramolecular Hbond substituents is 2. The topological polar surface area (TPSA) is 121 Å². The van der Waals surface area contributed by atoms with Crippen molar-refractivity contribution >= 4 is 39.2 Å². The zero-order valence-corrected chi connectivity index (χ0v) is 16.3. The van der Waals surface area contributed by atoms with E-state index >= 15 is 0 Å². The van der Waals surface area contributed by atoms with Gasteiger partial charge in [0, 0.05) is 10.5 Å². The van der Waals surface area contributed by atoms with Crippen molar-refractivity contribution in [1.29, 1.82) is 0 Å². The molecule has 0 aliphatic rings. The lowest BCUT2D eigenvalue weighted by atomic mass is 10.2. The number of hydrogen-bond donors (Lipinski definition) is 3. The maximum absolute atomic E-state index is 12.0. The number of aromatic hydroxyl groups is 2. The normalized spacial score (nSPS) is 10.7. The number of halogens is 1. The highest BCUT2D eigenvalue weighted by Gasteiger charge is 2.12. The Morgan fingerprint density at radius 2 is 1.66 bits per heavy atom. The average Bonchev–Trinajstić information content (AvgIpc) is 2.71. The van der Waals surface area contributed by atoms with E-state index < -0.39 is 11.9 Å². The summed E-state index contributed by atoms with van der Waals surface area (Å²) in [6, 6.07) is 16.7. The summed E-state index contributed by atoms with van der Waals surface area (Å²) in [5.74, 6) is -1.87. The summed E-state index contributed by atoms with van der Waals surface area (Å²) in [5.41, 5.74) is 3.70. The molecule has 0 atom stereocenters. The monoisotopic (exact) mass is 455 g/mol. The molecular weight excluding hydrogens is 442 g/mol. The van der Waals surface area contributed by atoms with Gasteiger partial charge in [-0.2, -0.15) is 0 Å². The molecule has 3 aromatic carbocycles. The van der Waals surface area contributed by atoms with Crippen LogP contribution in [-0.4, -0.2) is 22.1 Å². The second-order valence-electron chi connectivity index (χ2n) is 5.72. The van der Waals surface area contributed by atoms with Gasteiger partial charge in [-0.25, -0.2) is 10.3 Å². The van der Waals surface area contributed by atoms with Crippen molar-refractivity contribution in [2.24, 2.45) is 10.2 Å². The van der Waals surface area contributed by atoms with E-state index in [0.29, 0.717) is 21.4 Å². The molecule has 3 N–H and O–H groups in total. The van der Waals surface area contributed by atoms with Gasteiger partial charge in [0.15, 0.2) is 0 Å². The number of nitrogens with one attached hydrogen (secondary N) is 1. The molecule has 1 amide bonds. The number of carbonyl (C=O) groups is 2. The minimum Gasteiger partial charge on any atom is -0.508 e. The van der Waals surface area contributed by atoms with Gasteiger partial charge in [0.2, 0.25) is 0 Å². The molecule has 146 valence electrons. The van der Waals surface area contributed by atoms with Crippen LogP contribution >= 0.6 is 15.9 Å². The van der Waals surface area contributed by atoms with Crippen LogP contribution in [0.3, 0.4) is 0 Å². The van der Waals surface area contributed by atoms with Gasteiger partial charge in [-0.15, -0.1) is 10.2 Å². The first kappa shape index (κ1) is 20.0. The van der Waals surface area contributed by atoms with E-state index in [-0.39, 0.29) is 17.1 Å². The fourth-order valence-corrected chi connectivity index (χ4v) is 2.69. The van der Waals surface area contributed by atoms with Crippen molar-refractivity contribution in [3.63, 3.8) is 0 Å². The molecule has 0 aliphatic heterocycles. The molecule has 3 aromatic rings. The van der Waals surface area contributed by atoms with Crippen LogP contribution in [0.25, 0.3) is 0 Å². The molecule has 0 unspecified atom stereocenters. The molecule has 0 bridgehead atoms. The molecule has 0 aliphatic carbocycles. The van der Waals surface area contributed by atoms with E-state index in [2.05, 4.69) is 31.6 Å². The van der Waals surface area contributed by atoms with Crippen molar-refractivity contribution in [2.45, 2.75) is 0 Å². The van der Waals surface area contributed by atoms with E-state index in [1.54, 1.807) is 48.5 Å². The third-order valence-corrected chi connectivity index (χ3v) is 4.38. The van der Waals surface area contributed by atoms with Crippen molar-refractivity contribution < 1.29 is 24.6 Å². The van der Waals surface area contributed by atoms with Gasteiger partial charge >= 0.3 is 5.97 Å². The first-order valence-corrected chi connectivity index (χ1v) is 9.03. The van der Waals surface area contributed by atoms with Gasteiger partial charge in [-0.1, -0.05) is 12.1 Å². The predicted octanol–water partition coefficient (Wildman–Crippen LogP) is 4.97. The Bertz CT molecular complexity index is 1080. The van der Waals surface area contributed by atoms with Gasteiger partial charge in [-0.05, 0) is 64.5 Å². The summed E-state index contributed by atoms with van der Waals surface area (Å²) >= 11 is 3.28. The number of phenols is 2. The van der Waals surface area contributed by atoms with Crippen LogP contribution < -0.4 is 5.48 Å². The molecule has 9 heteroatoms. The largest absolute Gasteiger partial charge is 0.508 e. The van der Waals surface area contributed by atoms with E-state index in [1.165, 1.54) is 12.1 Å². The molecule has 8 nitrogen and oxygen atoms in total. The molecule has 0 aromatic heterocycles. The number of amides is 1. The molecule has 0 radical (unpaired) electrons. The van der Waals surface area contributed by atoms with Gasteiger partial charge < -0.3 is 15.1 Å². The molecule has 0 spiro atoms. The van der Waals surface area contributed by atoms with E-state index in [9.17, 15) is 19.8 Å². The summed E-state index contributed by atoms with van der Waals surface area (Å²) < 4.78 is 0.617. The van der Waals surface area contributed by atoms with Gasteiger partial charge in [0.05, 0.1) is 22.5 Å². The first-order chi connectivity index (χ1) is 13.9. The Hall–Kier alpha value is -3.72. The molecular formula is C20H14BrN3O5. The minimum absolute atomic E-state index is 0.0798. The number of anilines is 1. The number of azo groups is 1. The van der Waals surface area contributed by atoms with E-state index in [1.807, 2.05) is 0 Å². The Kier molecular flexibility index (Phi) is 6.20. The zero-order valence-electron chi connectivity index (χ0n) is 14.7. The number of benzene rings is 3. The molecule has 29 heavy (non-hydrogen) atoms. The number of carbonyl (C=O) groups excluding carboxylic acids is 2. The smallest absolute Gasteiger partial charge is 0.363 e. The summed E-state index contributed by atoms with van der Waals surface area (Å²) in [7, 11) is 0. The van der Waals surface area contributed by atoms with Crippen molar-refractivity contribution in [1.82, 2.24) is 0 Å². The fourth-order valence-electron chi connectivity index (χ4n) is 2.24.